The third kappa shape index (κ3) is 2.12. The van der Waals surface area contributed by atoms with Crippen LogP contribution in [0.1, 0.15) is 29.9 Å². The van der Waals surface area contributed by atoms with Gasteiger partial charge in [0.25, 0.3) is 0 Å². The molecule has 0 aromatic heterocycles. The summed E-state index contributed by atoms with van der Waals surface area (Å²) in [5.41, 5.74) is 7.55. The van der Waals surface area contributed by atoms with Crippen LogP contribution in [0.25, 0.3) is 0 Å². The lowest BCUT2D eigenvalue weighted by atomic mass is 9.89. The molecule has 80 valence electrons. The Labute approximate surface area is 89.2 Å². The molecule has 3 nitrogen and oxygen atoms in total. The molecule has 0 saturated heterocycles. The average Bonchev–Trinajstić information content (AvgIpc) is 2.18. The van der Waals surface area contributed by atoms with Crippen LogP contribution < -0.4 is 10.5 Å². The Morgan fingerprint density at radius 2 is 2.40 bits per heavy atom. The van der Waals surface area contributed by atoms with Crippen LogP contribution in [0.15, 0.2) is 18.2 Å². The summed E-state index contributed by atoms with van der Waals surface area (Å²) >= 11 is 0. The summed E-state index contributed by atoms with van der Waals surface area (Å²) in [6, 6.07) is 6.07. The van der Waals surface area contributed by atoms with E-state index in [0.717, 1.165) is 17.7 Å². The zero-order valence-corrected chi connectivity index (χ0v) is 8.82. The number of benzene rings is 1. The predicted molar refractivity (Wildman–Crippen MR) is 57.8 cm³/mol. The number of hydrogen-bond donors (Lipinski definition) is 1. The maximum absolute atomic E-state index is 10.9. The fourth-order valence-electron chi connectivity index (χ4n) is 2.04. The molecular formula is C12H15NO2. The molecule has 1 aliphatic rings. The number of hydrogen-bond acceptors (Lipinski definition) is 2. The van der Waals surface area contributed by atoms with Crippen LogP contribution in [0.5, 0.6) is 5.75 Å². The van der Waals surface area contributed by atoms with E-state index in [1.807, 2.05) is 19.1 Å². The minimum absolute atomic E-state index is 0.228. The van der Waals surface area contributed by atoms with Crippen molar-refractivity contribution in [2.45, 2.75) is 25.7 Å². The van der Waals surface area contributed by atoms with Crippen molar-refractivity contribution in [2.75, 3.05) is 6.61 Å². The summed E-state index contributed by atoms with van der Waals surface area (Å²) in [4.78, 5) is 10.9. The highest BCUT2D eigenvalue weighted by atomic mass is 16.5. The highest BCUT2D eigenvalue weighted by Crippen LogP contribution is 2.35. The lowest BCUT2D eigenvalue weighted by Crippen LogP contribution is -2.20. The molecule has 0 bridgehead atoms. The summed E-state index contributed by atoms with van der Waals surface area (Å²) in [6.07, 6.45) is 1.29. The molecule has 0 aliphatic carbocycles. The number of rotatable bonds is 2. The number of carbonyl (C=O) groups is 1. The lowest BCUT2D eigenvalue weighted by molar-refractivity contribution is -0.118. The van der Waals surface area contributed by atoms with Crippen molar-refractivity contribution in [2.24, 2.45) is 5.73 Å². The van der Waals surface area contributed by atoms with E-state index in [1.165, 1.54) is 5.56 Å². The van der Waals surface area contributed by atoms with Gasteiger partial charge < -0.3 is 10.5 Å². The van der Waals surface area contributed by atoms with Crippen molar-refractivity contribution in [3.05, 3.63) is 29.3 Å². The first kappa shape index (κ1) is 10.0. The Balaban J connectivity index is 2.32. The number of fused-ring (bicyclic) bond motifs is 1. The summed E-state index contributed by atoms with van der Waals surface area (Å²) < 4.78 is 5.54. The number of nitrogens with two attached hydrogens (primary N) is 1. The minimum atomic E-state index is -0.241. The van der Waals surface area contributed by atoms with Crippen LogP contribution in [0.4, 0.5) is 0 Å². The molecule has 1 unspecified atom stereocenters. The van der Waals surface area contributed by atoms with Gasteiger partial charge in [-0.25, -0.2) is 0 Å². The maximum atomic E-state index is 10.9. The Bertz CT molecular complexity index is 387. The standard InChI is InChI=1S/C12H15NO2/c1-8-2-3-11-10(6-8)9(4-5-15-11)7-12(13)14/h2-3,6,9H,4-5,7H2,1H3,(H2,13,14). The van der Waals surface area contributed by atoms with Crippen molar-refractivity contribution in [1.29, 1.82) is 0 Å². The molecular weight excluding hydrogens is 190 g/mol. The molecule has 0 saturated carbocycles. The van der Waals surface area contributed by atoms with Gasteiger partial charge in [-0.3, -0.25) is 4.79 Å². The highest BCUT2D eigenvalue weighted by Gasteiger charge is 2.22. The Morgan fingerprint density at radius 3 is 3.13 bits per heavy atom. The van der Waals surface area contributed by atoms with E-state index < -0.39 is 0 Å². The van der Waals surface area contributed by atoms with Gasteiger partial charge in [0.15, 0.2) is 0 Å². The van der Waals surface area contributed by atoms with Gasteiger partial charge >= 0.3 is 0 Å². The van der Waals surface area contributed by atoms with E-state index in [0.29, 0.717) is 13.0 Å². The second-order valence-electron chi connectivity index (χ2n) is 4.05. The first-order valence-electron chi connectivity index (χ1n) is 5.18. The van der Waals surface area contributed by atoms with Gasteiger partial charge in [-0.15, -0.1) is 0 Å². The van der Waals surface area contributed by atoms with Gasteiger partial charge in [0.1, 0.15) is 5.75 Å². The number of primary amides is 1. The van der Waals surface area contributed by atoms with Crippen LogP contribution in [-0.4, -0.2) is 12.5 Å². The SMILES string of the molecule is Cc1ccc2c(c1)C(CC(N)=O)CCO2. The molecule has 1 amide bonds. The van der Waals surface area contributed by atoms with E-state index in [-0.39, 0.29) is 11.8 Å². The lowest BCUT2D eigenvalue weighted by Gasteiger charge is -2.25. The van der Waals surface area contributed by atoms with Crippen molar-refractivity contribution in [1.82, 2.24) is 0 Å². The highest BCUT2D eigenvalue weighted by molar-refractivity contribution is 5.75. The van der Waals surface area contributed by atoms with Crippen molar-refractivity contribution >= 4 is 5.91 Å². The van der Waals surface area contributed by atoms with E-state index >= 15 is 0 Å². The van der Waals surface area contributed by atoms with Crippen molar-refractivity contribution in [3.63, 3.8) is 0 Å². The molecule has 0 spiro atoms. The summed E-state index contributed by atoms with van der Waals surface area (Å²) in [6.45, 7) is 2.71. The van der Waals surface area contributed by atoms with Crippen molar-refractivity contribution < 1.29 is 9.53 Å². The second-order valence-corrected chi connectivity index (χ2v) is 4.05. The third-order valence-electron chi connectivity index (χ3n) is 2.78. The molecule has 15 heavy (non-hydrogen) atoms. The number of carbonyl (C=O) groups excluding carboxylic acids is 1. The van der Waals surface area contributed by atoms with E-state index in [4.69, 9.17) is 10.5 Å². The van der Waals surface area contributed by atoms with Gasteiger partial charge in [0, 0.05) is 6.42 Å². The molecule has 1 aromatic carbocycles. The molecule has 2 rings (SSSR count). The minimum Gasteiger partial charge on any atom is -0.493 e. The summed E-state index contributed by atoms with van der Waals surface area (Å²) in [5, 5.41) is 0. The molecule has 1 aliphatic heterocycles. The summed E-state index contributed by atoms with van der Waals surface area (Å²) in [7, 11) is 0. The monoisotopic (exact) mass is 205 g/mol. The molecule has 0 fully saturated rings. The molecule has 1 atom stereocenters. The third-order valence-corrected chi connectivity index (χ3v) is 2.78. The van der Waals surface area contributed by atoms with Crippen LogP contribution in [0, 0.1) is 6.92 Å². The Hall–Kier alpha value is -1.51. The molecule has 2 N–H and O–H groups in total. The Kier molecular flexibility index (Phi) is 2.62. The smallest absolute Gasteiger partial charge is 0.218 e. The quantitative estimate of drug-likeness (QED) is 0.799. The van der Waals surface area contributed by atoms with Crippen LogP contribution >= 0.6 is 0 Å². The van der Waals surface area contributed by atoms with E-state index in [1.54, 1.807) is 0 Å². The first-order chi connectivity index (χ1) is 7.16. The van der Waals surface area contributed by atoms with Gasteiger partial charge in [-0.05, 0) is 30.9 Å². The second kappa shape index (κ2) is 3.93. The molecule has 1 heterocycles. The summed E-state index contributed by atoms with van der Waals surface area (Å²) in [5.74, 6) is 0.888. The fourth-order valence-corrected chi connectivity index (χ4v) is 2.04. The topological polar surface area (TPSA) is 52.3 Å². The number of ether oxygens (including phenoxy) is 1. The Morgan fingerprint density at radius 1 is 1.60 bits per heavy atom. The van der Waals surface area contributed by atoms with Crippen molar-refractivity contribution in [3.8, 4) is 5.75 Å². The zero-order chi connectivity index (χ0) is 10.8. The molecule has 3 heteroatoms. The molecule has 1 aromatic rings. The van der Waals surface area contributed by atoms with Gasteiger partial charge in [0.05, 0.1) is 6.61 Å². The zero-order valence-electron chi connectivity index (χ0n) is 8.82. The number of amides is 1. The van der Waals surface area contributed by atoms with Gasteiger partial charge in [-0.2, -0.15) is 0 Å². The molecule has 0 radical (unpaired) electrons. The first-order valence-corrected chi connectivity index (χ1v) is 5.18. The normalized spacial score (nSPS) is 19.1. The van der Waals surface area contributed by atoms with Crippen LogP contribution in [-0.2, 0) is 4.79 Å². The van der Waals surface area contributed by atoms with Crippen LogP contribution in [0.3, 0.4) is 0 Å². The maximum Gasteiger partial charge on any atom is 0.218 e. The fraction of sp³-hybridized carbons (Fsp3) is 0.417. The average molecular weight is 205 g/mol. The predicted octanol–water partition coefficient (Wildman–Crippen LogP) is 1.74. The van der Waals surface area contributed by atoms with E-state index in [2.05, 4.69) is 6.07 Å². The van der Waals surface area contributed by atoms with Gasteiger partial charge in [-0.1, -0.05) is 17.7 Å². The van der Waals surface area contributed by atoms with Crippen LogP contribution in [0.2, 0.25) is 0 Å². The number of aryl methyl sites for hydroxylation is 1. The van der Waals surface area contributed by atoms with E-state index in [9.17, 15) is 4.79 Å². The largest absolute Gasteiger partial charge is 0.493 e. The van der Waals surface area contributed by atoms with Gasteiger partial charge in [0.2, 0.25) is 5.91 Å².